The molecule has 1 rings (SSSR count). The maximum Gasteiger partial charge on any atom is 0.190 e. The van der Waals surface area contributed by atoms with Gasteiger partial charge in [0.1, 0.15) is 5.84 Å². The Balaban J connectivity index is 2.74. The van der Waals surface area contributed by atoms with Crippen molar-refractivity contribution in [3.8, 4) is 0 Å². The molecule has 0 radical (unpaired) electrons. The summed E-state index contributed by atoms with van der Waals surface area (Å²) in [6.07, 6.45) is 2.38. The van der Waals surface area contributed by atoms with Crippen LogP contribution >= 0.6 is 11.6 Å². The fraction of sp³-hybridized carbons (Fsp3) is 0.200. The molecular formula is C5H5ClN2S2. The SMILES string of the molecule is C=CCC1=NS(=S)C(Cl)=N1. The summed E-state index contributed by atoms with van der Waals surface area (Å²) in [6.45, 7) is 3.55. The van der Waals surface area contributed by atoms with Gasteiger partial charge in [0.25, 0.3) is 0 Å². The molecule has 1 aliphatic rings. The largest absolute Gasteiger partial charge is 0.211 e. The van der Waals surface area contributed by atoms with Crippen molar-refractivity contribution in [2.75, 3.05) is 0 Å². The number of hydrogen-bond donors (Lipinski definition) is 0. The summed E-state index contributed by atoms with van der Waals surface area (Å²) < 4.78 is 4.43. The van der Waals surface area contributed by atoms with E-state index in [9.17, 15) is 0 Å². The minimum atomic E-state index is -0.610. The van der Waals surface area contributed by atoms with Gasteiger partial charge in [-0.15, -0.1) is 6.58 Å². The lowest BCUT2D eigenvalue weighted by Gasteiger charge is -1.83. The molecule has 1 unspecified atom stereocenters. The third-order valence-electron chi connectivity index (χ3n) is 0.876. The smallest absolute Gasteiger partial charge is 0.190 e. The minimum Gasteiger partial charge on any atom is -0.211 e. The topological polar surface area (TPSA) is 24.7 Å². The summed E-state index contributed by atoms with van der Waals surface area (Å²) >= 11 is 10.5. The van der Waals surface area contributed by atoms with Gasteiger partial charge in [0.2, 0.25) is 0 Å². The first kappa shape index (κ1) is 8.04. The average molecular weight is 193 g/mol. The highest BCUT2D eigenvalue weighted by Gasteiger charge is 2.10. The van der Waals surface area contributed by atoms with Crippen LogP contribution in [0.3, 0.4) is 0 Å². The van der Waals surface area contributed by atoms with Crippen molar-refractivity contribution in [3.63, 3.8) is 0 Å². The zero-order valence-electron chi connectivity index (χ0n) is 5.08. The molecule has 1 aliphatic heterocycles. The molecule has 0 N–H and O–H groups in total. The predicted octanol–water partition coefficient (Wildman–Crippen LogP) is 1.56. The number of aliphatic imine (C=N–C) groups is 1. The third-order valence-corrected chi connectivity index (χ3v) is 3.13. The number of halogens is 1. The first-order valence-corrected chi connectivity index (χ1v) is 5.07. The van der Waals surface area contributed by atoms with Crippen LogP contribution in [0.5, 0.6) is 0 Å². The van der Waals surface area contributed by atoms with E-state index in [4.69, 9.17) is 22.8 Å². The summed E-state index contributed by atoms with van der Waals surface area (Å²) in [7, 11) is -0.610. The Hall–Kier alpha value is -0.0600. The molecule has 1 heterocycles. The van der Waals surface area contributed by atoms with Gasteiger partial charge in [-0.3, -0.25) is 0 Å². The van der Waals surface area contributed by atoms with Crippen LogP contribution in [0.4, 0.5) is 0 Å². The molecular weight excluding hydrogens is 188 g/mol. The fourth-order valence-corrected chi connectivity index (χ4v) is 1.64. The normalized spacial score (nSPS) is 23.9. The Morgan fingerprint density at radius 2 is 2.50 bits per heavy atom. The van der Waals surface area contributed by atoms with Crippen LogP contribution in [0.2, 0.25) is 0 Å². The molecule has 0 aromatic heterocycles. The summed E-state index contributed by atoms with van der Waals surface area (Å²) in [5.74, 6) is 0.693. The number of nitrogens with zero attached hydrogens (tertiary/aromatic N) is 2. The first-order valence-electron chi connectivity index (χ1n) is 2.58. The van der Waals surface area contributed by atoms with Crippen molar-refractivity contribution in [2.24, 2.45) is 9.39 Å². The van der Waals surface area contributed by atoms with Crippen LogP contribution < -0.4 is 0 Å². The highest BCUT2D eigenvalue weighted by atomic mass is 35.5. The fourth-order valence-electron chi connectivity index (χ4n) is 0.506. The standard InChI is InChI=1S/C5H5ClN2S2/c1-2-3-4-7-5(6)10(9)8-4/h2H,1,3H2. The number of amidine groups is 1. The summed E-state index contributed by atoms with van der Waals surface area (Å²) in [4.78, 5) is 3.93. The van der Waals surface area contributed by atoms with Crippen LogP contribution in [-0.4, -0.2) is 10.3 Å². The van der Waals surface area contributed by atoms with E-state index in [0.717, 1.165) is 0 Å². The van der Waals surface area contributed by atoms with Crippen LogP contribution in [0, 0.1) is 0 Å². The van der Waals surface area contributed by atoms with E-state index >= 15 is 0 Å². The molecule has 0 fully saturated rings. The second kappa shape index (κ2) is 3.37. The number of rotatable bonds is 2. The van der Waals surface area contributed by atoms with Gasteiger partial charge in [0, 0.05) is 6.42 Å². The summed E-state index contributed by atoms with van der Waals surface area (Å²) in [6, 6.07) is 0. The van der Waals surface area contributed by atoms with E-state index in [1.807, 2.05) is 0 Å². The monoisotopic (exact) mass is 192 g/mol. The highest BCUT2D eigenvalue weighted by molar-refractivity contribution is 8.38. The maximum absolute atomic E-state index is 5.60. The van der Waals surface area contributed by atoms with E-state index in [1.165, 1.54) is 0 Å². The Bertz CT molecular complexity index is 244. The Labute approximate surface area is 71.4 Å². The van der Waals surface area contributed by atoms with E-state index in [2.05, 4.69) is 16.0 Å². The van der Waals surface area contributed by atoms with E-state index in [1.54, 1.807) is 6.08 Å². The Kier molecular flexibility index (Phi) is 2.71. The molecule has 54 valence electrons. The summed E-state index contributed by atoms with van der Waals surface area (Å²) in [5.41, 5.74) is 0. The zero-order chi connectivity index (χ0) is 7.56. The second-order valence-electron chi connectivity index (χ2n) is 1.61. The van der Waals surface area contributed by atoms with Crippen molar-refractivity contribution in [1.82, 2.24) is 0 Å². The summed E-state index contributed by atoms with van der Waals surface area (Å²) in [5, 5.41) is 0. The predicted molar refractivity (Wildman–Crippen MR) is 50.3 cm³/mol. The molecule has 10 heavy (non-hydrogen) atoms. The van der Waals surface area contributed by atoms with Crippen molar-refractivity contribution in [3.05, 3.63) is 12.7 Å². The molecule has 5 heteroatoms. The van der Waals surface area contributed by atoms with Crippen molar-refractivity contribution in [1.29, 1.82) is 0 Å². The molecule has 0 saturated carbocycles. The molecule has 0 aromatic carbocycles. The van der Waals surface area contributed by atoms with Gasteiger partial charge in [-0.1, -0.05) is 17.7 Å². The third kappa shape index (κ3) is 1.71. The molecule has 1 atom stereocenters. The second-order valence-corrected chi connectivity index (χ2v) is 4.21. The lowest BCUT2D eigenvalue weighted by molar-refractivity contribution is 1.43. The van der Waals surface area contributed by atoms with Gasteiger partial charge in [0.05, 0.1) is 9.64 Å². The molecule has 0 aromatic rings. The lowest BCUT2D eigenvalue weighted by Crippen LogP contribution is -1.86. The number of hydrogen-bond acceptors (Lipinski definition) is 2. The van der Waals surface area contributed by atoms with Gasteiger partial charge in [0.15, 0.2) is 4.50 Å². The maximum atomic E-state index is 5.60. The zero-order valence-corrected chi connectivity index (χ0v) is 7.47. The van der Waals surface area contributed by atoms with Crippen molar-refractivity contribution < 1.29 is 0 Å². The Morgan fingerprint density at radius 3 is 2.90 bits per heavy atom. The van der Waals surface area contributed by atoms with E-state index in [0.29, 0.717) is 16.8 Å². The van der Waals surface area contributed by atoms with E-state index in [-0.39, 0.29) is 0 Å². The average Bonchev–Trinajstić information content (AvgIpc) is 2.14. The quantitative estimate of drug-likeness (QED) is 0.610. The van der Waals surface area contributed by atoms with Crippen molar-refractivity contribution >= 4 is 42.8 Å². The molecule has 0 aliphatic carbocycles. The molecule has 0 spiro atoms. The van der Waals surface area contributed by atoms with Crippen LogP contribution in [-0.2, 0) is 20.8 Å². The van der Waals surface area contributed by atoms with Crippen LogP contribution in [0.15, 0.2) is 22.0 Å². The first-order chi connectivity index (χ1) is 4.74. The molecule has 2 nitrogen and oxygen atoms in total. The highest BCUT2D eigenvalue weighted by Crippen LogP contribution is 2.08. The Morgan fingerprint density at radius 1 is 1.80 bits per heavy atom. The van der Waals surface area contributed by atoms with Gasteiger partial charge < -0.3 is 0 Å². The van der Waals surface area contributed by atoms with E-state index < -0.39 is 9.64 Å². The molecule has 0 bridgehead atoms. The van der Waals surface area contributed by atoms with Gasteiger partial charge in [-0.25, -0.2) is 4.99 Å². The minimum absolute atomic E-state index is 0.423. The van der Waals surface area contributed by atoms with Gasteiger partial charge >= 0.3 is 0 Å². The van der Waals surface area contributed by atoms with Crippen LogP contribution in [0.25, 0.3) is 0 Å². The van der Waals surface area contributed by atoms with Gasteiger partial charge in [-0.2, -0.15) is 4.40 Å². The van der Waals surface area contributed by atoms with Gasteiger partial charge in [-0.05, 0) is 11.2 Å². The molecule has 0 saturated heterocycles. The lowest BCUT2D eigenvalue weighted by atomic mass is 10.4. The van der Waals surface area contributed by atoms with Crippen molar-refractivity contribution in [2.45, 2.75) is 6.42 Å². The van der Waals surface area contributed by atoms with Crippen LogP contribution in [0.1, 0.15) is 6.42 Å². The molecule has 0 amide bonds.